The van der Waals surface area contributed by atoms with Gasteiger partial charge in [0.1, 0.15) is 11.4 Å². The van der Waals surface area contributed by atoms with E-state index in [4.69, 9.17) is 9.84 Å². The van der Waals surface area contributed by atoms with E-state index in [1.807, 2.05) is 0 Å². The lowest BCUT2D eigenvalue weighted by Crippen LogP contribution is -2.06. The summed E-state index contributed by atoms with van der Waals surface area (Å²) in [5, 5.41) is 8.80. The van der Waals surface area contributed by atoms with Crippen LogP contribution in [0.15, 0.2) is 6.07 Å². The van der Waals surface area contributed by atoms with Gasteiger partial charge in [0, 0.05) is 12.0 Å². The van der Waals surface area contributed by atoms with Crippen LogP contribution in [0.25, 0.3) is 0 Å². The van der Waals surface area contributed by atoms with E-state index in [0.29, 0.717) is 18.4 Å². The van der Waals surface area contributed by atoms with Crippen molar-refractivity contribution in [1.82, 2.24) is 4.98 Å². The molecule has 1 aromatic rings. The average Bonchev–Trinajstić information content (AvgIpc) is 2.77. The van der Waals surface area contributed by atoms with Crippen LogP contribution >= 0.6 is 0 Å². The molecule has 1 atom stereocenters. The van der Waals surface area contributed by atoms with Crippen molar-refractivity contribution < 1.29 is 14.6 Å². The Morgan fingerprint density at radius 3 is 3.00 bits per heavy atom. The van der Waals surface area contributed by atoms with Gasteiger partial charge in [-0.1, -0.05) is 0 Å². The highest BCUT2D eigenvalue weighted by molar-refractivity contribution is 5.86. The van der Waals surface area contributed by atoms with E-state index in [1.165, 1.54) is 12.8 Å². The van der Waals surface area contributed by atoms with Crippen LogP contribution in [-0.4, -0.2) is 22.7 Å². The van der Waals surface area contributed by atoms with Crippen LogP contribution in [0.5, 0.6) is 5.75 Å². The molecule has 0 aromatic carbocycles. The predicted octanol–water partition coefficient (Wildman–Crippen LogP) is 1.60. The molecule has 14 heavy (non-hydrogen) atoms. The lowest BCUT2D eigenvalue weighted by atomic mass is 10.0. The minimum Gasteiger partial charge on any atom is -0.491 e. The molecule has 1 saturated carbocycles. The zero-order chi connectivity index (χ0) is 9.71. The summed E-state index contributed by atoms with van der Waals surface area (Å²) in [5.74, 6) is 0.923. The molecule has 0 amide bonds. The molecular weight excluding hydrogens is 182 g/mol. The molecule has 2 N–H and O–H groups in total. The Balaban J connectivity index is 1.97. The van der Waals surface area contributed by atoms with Crippen molar-refractivity contribution in [3.8, 4) is 5.75 Å². The molecule has 0 saturated heterocycles. The van der Waals surface area contributed by atoms with E-state index in [0.717, 1.165) is 11.4 Å². The van der Waals surface area contributed by atoms with E-state index in [1.54, 1.807) is 6.07 Å². The normalized spacial score (nSPS) is 24.4. The fourth-order valence-corrected chi connectivity index (χ4v) is 2.09. The van der Waals surface area contributed by atoms with E-state index in [-0.39, 0.29) is 5.69 Å². The Kier molecular flexibility index (Phi) is 1.43. The molecule has 0 radical (unpaired) electrons. The Labute approximate surface area is 80.9 Å². The number of aromatic amines is 1. The Morgan fingerprint density at radius 2 is 2.36 bits per heavy atom. The molecule has 2 aliphatic rings. The van der Waals surface area contributed by atoms with Crippen LogP contribution in [0.2, 0.25) is 0 Å². The summed E-state index contributed by atoms with van der Waals surface area (Å²) in [6.07, 6.45) is 2.49. The van der Waals surface area contributed by atoms with Crippen LogP contribution in [0.1, 0.15) is 34.9 Å². The number of aromatic carboxylic acids is 1. The highest BCUT2D eigenvalue weighted by atomic mass is 16.5. The number of carboxylic acid groups (broad SMARTS) is 1. The number of ether oxygens (including phenoxy) is 1. The third-order valence-corrected chi connectivity index (χ3v) is 3.02. The summed E-state index contributed by atoms with van der Waals surface area (Å²) in [7, 11) is 0. The fraction of sp³-hybridized carbons (Fsp3) is 0.500. The maximum absolute atomic E-state index is 10.7. The number of hydrogen-bond acceptors (Lipinski definition) is 2. The molecule has 4 heteroatoms. The molecule has 1 aromatic heterocycles. The molecule has 1 unspecified atom stereocenters. The minimum atomic E-state index is -0.919. The van der Waals surface area contributed by atoms with Gasteiger partial charge < -0.3 is 14.8 Å². The summed E-state index contributed by atoms with van der Waals surface area (Å²) in [5.41, 5.74) is 1.23. The largest absolute Gasteiger partial charge is 0.491 e. The smallest absolute Gasteiger partial charge is 0.352 e. The highest BCUT2D eigenvalue weighted by Crippen LogP contribution is 2.48. The first-order valence-electron chi connectivity index (χ1n) is 4.84. The van der Waals surface area contributed by atoms with E-state index in [9.17, 15) is 4.79 Å². The lowest BCUT2D eigenvalue weighted by molar-refractivity contribution is 0.0690. The number of aromatic nitrogens is 1. The Morgan fingerprint density at radius 1 is 1.57 bits per heavy atom. The first-order valence-corrected chi connectivity index (χ1v) is 4.84. The number of carboxylic acids is 1. The van der Waals surface area contributed by atoms with Crippen molar-refractivity contribution in [1.29, 1.82) is 0 Å². The van der Waals surface area contributed by atoms with Gasteiger partial charge in [-0.05, 0) is 18.8 Å². The number of carbonyl (C=O) groups is 1. The van der Waals surface area contributed by atoms with Gasteiger partial charge >= 0.3 is 5.97 Å². The van der Waals surface area contributed by atoms with Crippen molar-refractivity contribution in [2.75, 3.05) is 6.61 Å². The zero-order valence-electron chi connectivity index (χ0n) is 7.62. The Bertz CT molecular complexity index is 392. The monoisotopic (exact) mass is 193 g/mol. The molecule has 1 aliphatic carbocycles. The summed E-state index contributed by atoms with van der Waals surface area (Å²) >= 11 is 0. The van der Waals surface area contributed by atoms with Crippen LogP contribution < -0.4 is 4.74 Å². The van der Waals surface area contributed by atoms with Gasteiger partial charge in [0.15, 0.2) is 0 Å². The summed E-state index contributed by atoms with van der Waals surface area (Å²) in [6.45, 7) is 0.714. The molecule has 4 nitrogen and oxygen atoms in total. The second-order valence-corrected chi connectivity index (χ2v) is 4.02. The van der Waals surface area contributed by atoms with Crippen LogP contribution in [0.3, 0.4) is 0 Å². The van der Waals surface area contributed by atoms with Gasteiger partial charge in [-0.3, -0.25) is 0 Å². The lowest BCUT2D eigenvalue weighted by Gasteiger charge is -2.04. The summed E-state index contributed by atoms with van der Waals surface area (Å²) in [6, 6.07) is 1.58. The van der Waals surface area contributed by atoms with Gasteiger partial charge in [-0.25, -0.2) is 4.79 Å². The van der Waals surface area contributed by atoms with Gasteiger partial charge in [-0.2, -0.15) is 0 Å². The molecule has 3 rings (SSSR count). The molecule has 1 aliphatic heterocycles. The van der Waals surface area contributed by atoms with Gasteiger partial charge in [-0.15, -0.1) is 0 Å². The molecule has 1 fully saturated rings. The third kappa shape index (κ3) is 1.03. The first-order chi connectivity index (χ1) is 6.75. The second-order valence-electron chi connectivity index (χ2n) is 4.02. The number of H-pyrrole nitrogens is 1. The van der Waals surface area contributed by atoms with Gasteiger partial charge in [0.05, 0.1) is 12.3 Å². The summed E-state index contributed by atoms with van der Waals surface area (Å²) < 4.78 is 5.45. The predicted molar refractivity (Wildman–Crippen MR) is 48.7 cm³/mol. The third-order valence-electron chi connectivity index (χ3n) is 3.02. The molecule has 2 heterocycles. The highest BCUT2D eigenvalue weighted by Gasteiger charge is 2.39. The number of hydrogen-bond donors (Lipinski definition) is 2. The van der Waals surface area contributed by atoms with Crippen LogP contribution in [0, 0.1) is 5.92 Å². The van der Waals surface area contributed by atoms with Crippen LogP contribution in [0.4, 0.5) is 0 Å². The molecule has 0 spiro atoms. The van der Waals surface area contributed by atoms with E-state index >= 15 is 0 Å². The average molecular weight is 193 g/mol. The van der Waals surface area contributed by atoms with Crippen molar-refractivity contribution in [3.63, 3.8) is 0 Å². The zero-order valence-corrected chi connectivity index (χ0v) is 7.62. The standard InChI is InChI=1S/C10H11NO3/c12-10(13)7-3-8-9(11-7)6(4-14-8)5-1-2-5/h3,5-6,11H,1-2,4H2,(H,12,13). The number of nitrogens with one attached hydrogen (secondary N) is 1. The topological polar surface area (TPSA) is 62.3 Å². The van der Waals surface area contributed by atoms with E-state index < -0.39 is 5.97 Å². The van der Waals surface area contributed by atoms with Crippen molar-refractivity contribution in [3.05, 3.63) is 17.5 Å². The maximum Gasteiger partial charge on any atom is 0.352 e. The van der Waals surface area contributed by atoms with Crippen molar-refractivity contribution in [2.45, 2.75) is 18.8 Å². The van der Waals surface area contributed by atoms with Crippen molar-refractivity contribution >= 4 is 5.97 Å². The Hall–Kier alpha value is -1.45. The second kappa shape index (κ2) is 2.53. The first kappa shape index (κ1) is 7.91. The van der Waals surface area contributed by atoms with Crippen LogP contribution in [-0.2, 0) is 0 Å². The van der Waals surface area contributed by atoms with Crippen molar-refractivity contribution in [2.24, 2.45) is 5.92 Å². The summed E-state index contributed by atoms with van der Waals surface area (Å²) in [4.78, 5) is 13.7. The SMILES string of the molecule is O=C(O)c1cc2c([nH]1)C(C1CC1)CO2. The number of fused-ring (bicyclic) bond motifs is 1. The molecule has 0 bridgehead atoms. The minimum absolute atomic E-state index is 0.236. The van der Waals surface area contributed by atoms with Gasteiger partial charge in [0.25, 0.3) is 0 Å². The van der Waals surface area contributed by atoms with Gasteiger partial charge in [0.2, 0.25) is 0 Å². The quantitative estimate of drug-likeness (QED) is 0.749. The maximum atomic E-state index is 10.7. The molecular formula is C10H11NO3. The fourth-order valence-electron chi connectivity index (χ4n) is 2.09. The number of rotatable bonds is 2. The molecule has 74 valence electrons. The van der Waals surface area contributed by atoms with E-state index in [2.05, 4.69) is 4.98 Å².